The monoisotopic (exact) mass is 255 g/mol. The molecule has 2 rings (SSSR count). The first-order valence-corrected chi connectivity index (χ1v) is 5.85. The molecule has 1 aromatic carbocycles. The average Bonchev–Trinajstić information content (AvgIpc) is 2.76. The molecular formula is C11H11F2N3S. The molecule has 0 saturated heterocycles. The van der Waals surface area contributed by atoms with Crippen LogP contribution in [0.25, 0.3) is 0 Å². The number of nitrogens with zero attached hydrogens (tertiary/aromatic N) is 2. The number of aromatic nitrogens is 1. The highest BCUT2D eigenvalue weighted by molar-refractivity contribution is 7.07. The van der Waals surface area contributed by atoms with E-state index in [1.165, 1.54) is 17.4 Å². The highest BCUT2D eigenvalue weighted by atomic mass is 32.1. The highest BCUT2D eigenvalue weighted by Gasteiger charge is 2.12. The summed E-state index contributed by atoms with van der Waals surface area (Å²) in [5.41, 5.74) is 8.40. The van der Waals surface area contributed by atoms with E-state index in [1.807, 2.05) is 5.38 Å². The third-order valence-corrected chi connectivity index (χ3v) is 3.00. The van der Waals surface area contributed by atoms with Crippen molar-refractivity contribution in [3.05, 3.63) is 40.4 Å². The third kappa shape index (κ3) is 2.52. The molecule has 0 aliphatic carbocycles. The van der Waals surface area contributed by atoms with E-state index in [0.717, 1.165) is 11.8 Å². The maximum Gasteiger partial charge on any atom is 0.151 e. The molecule has 90 valence electrons. The van der Waals surface area contributed by atoms with Gasteiger partial charge >= 0.3 is 0 Å². The standard InChI is InChI=1S/C11H11F2N3S/c1-16(4-8-5-17-6-15-8)10-3-7(12)2-9(13)11(10)14/h2-3,5-6H,4,14H2,1H3. The van der Waals surface area contributed by atoms with E-state index in [2.05, 4.69) is 4.98 Å². The predicted octanol–water partition coefficient (Wildman–Crippen LogP) is 2.64. The summed E-state index contributed by atoms with van der Waals surface area (Å²) < 4.78 is 26.4. The van der Waals surface area contributed by atoms with Crippen LogP contribution in [-0.2, 0) is 6.54 Å². The van der Waals surface area contributed by atoms with Gasteiger partial charge in [-0.15, -0.1) is 11.3 Å². The summed E-state index contributed by atoms with van der Waals surface area (Å²) in [5, 5.41) is 1.88. The molecule has 0 amide bonds. The van der Waals surface area contributed by atoms with E-state index < -0.39 is 11.6 Å². The zero-order chi connectivity index (χ0) is 12.4. The molecule has 0 spiro atoms. The van der Waals surface area contributed by atoms with Crippen LogP contribution in [0.4, 0.5) is 20.2 Å². The van der Waals surface area contributed by atoms with E-state index in [9.17, 15) is 8.78 Å². The van der Waals surface area contributed by atoms with Crippen LogP contribution in [0, 0.1) is 11.6 Å². The molecule has 0 bridgehead atoms. The van der Waals surface area contributed by atoms with Crippen molar-refractivity contribution in [1.82, 2.24) is 4.98 Å². The molecule has 0 atom stereocenters. The Hall–Kier alpha value is -1.69. The second-order valence-corrected chi connectivity index (χ2v) is 4.37. The van der Waals surface area contributed by atoms with Crippen molar-refractivity contribution in [3.63, 3.8) is 0 Å². The Balaban J connectivity index is 2.27. The molecule has 0 aliphatic rings. The molecule has 0 fully saturated rings. The Morgan fingerprint density at radius 2 is 2.18 bits per heavy atom. The zero-order valence-corrected chi connectivity index (χ0v) is 9.97. The minimum Gasteiger partial charge on any atom is -0.395 e. The number of thiazole rings is 1. The van der Waals surface area contributed by atoms with Gasteiger partial charge in [0.25, 0.3) is 0 Å². The third-order valence-electron chi connectivity index (χ3n) is 2.37. The molecule has 6 heteroatoms. The molecule has 2 aromatic rings. The molecular weight excluding hydrogens is 244 g/mol. The fourth-order valence-electron chi connectivity index (χ4n) is 1.53. The van der Waals surface area contributed by atoms with E-state index in [4.69, 9.17) is 5.73 Å². The van der Waals surface area contributed by atoms with Crippen LogP contribution < -0.4 is 10.6 Å². The van der Waals surface area contributed by atoms with Crippen LogP contribution in [-0.4, -0.2) is 12.0 Å². The maximum atomic E-state index is 13.3. The van der Waals surface area contributed by atoms with Crippen LogP contribution in [0.5, 0.6) is 0 Å². The number of nitrogen functional groups attached to an aromatic ring is 1. The normalized spacial score (nSPS) is 10.5. The number of rotatable bonds is 3. The number of hydrogen-bond acceptors (Lipinski definition) is 4. The van der Waals surface area contributed by atoms with E-state index in [0.29, 0.717) is 12.2 Å². The van der Waals surface area contributed by atoms with Crippen molar-refractivity contribution in [3.8, 4) is 0 Å². The molecule has 0 unspecified atom stereocenters. The molecule has 2 N–H and O–H groups in total. The summed E-state index contributed by atoms with van der Waals surface area (Å²) >= 11 is 1.47. The number of anilines is 2. The number of nitrogens with two attached hydrogens (primary N) is 1. The minimum absolute atomic E-state index is 0.0517. The first-order chi connectivity index (χ1) is 8.08. The lowest BCUT2D eigenvalue weighted by atomic mass is 10.2. The predicted molar refractivity (Wildman–Crippen MR) is 65.0 cm³/mol. The van der Waals surface area contributed by atoms with Crippen molar-refractivity contribution < 1.29 is 8.78 Å². The van der Waals surface area contributed by atoms with Crippen LogP contribution in [0.1, 0.15) is 5.69 Å². The van der Waals surface area contributed by atoms with Crippen LogP contribution in [0.2, 0.25) is 0 Å². The number of halogens is 2. The van der Waals surface area contributed by atoms with Gasteiger partial charge in [-0.3, -0.25) is 0 Å². The Morgan fingerprint density at radius 1 is 1.41 bits per heavy atom. The zero-order valence-electron chi connectivity index (χ0n) is 9.15. The lowest BCUT2D eigenvalue weighted by Gasteiger charge is -2.20. The van der Waals surface area contributed by atoms with Gasteiger partial charge in [0.05, 0.1) is 29.1 Å². The Bertz CT molecular complexity index is 514. The largest absolute Gasteiger partial charge is 0.395 e. The Labute approximate surface area is 102 Å². The SMILES string of the molecule is CN(Cc1cscn1)c1cc(F)cc(F)c1N. The molecule has 1 aromatic heterocycles. The maximum absolute atomic E-state index is 13.3. The second-order valence-electron chi connectivity index (χ2n) is 3.66. The van der Waals surface area contributed by atoms with Gasteiger partial charge in [0.15, 0.2) is 5.82 Å². The molecule has 0 aliphatic heterocycles. The Kier molecular flexibility index (Phi) is 3.23. The second kappa shape index (κ2) is 4.67. The highest BCUT2D eigenvalue weighted by Crippen LogP contribution is 2.27. The molecule has 1 heterocycles. The number of benzene rings is 1. The average molecular weight is 255 g/mol. The quantitative estimate of drug-likeness (QED) is 0.857. The van der Waals surface area contributed by atoms with Gasteiger partial charge in [-0.25, -0.2) is 13.8 Å². The minimum atomic E-state index is -0.745. The van der Waals surface area contributed by atoms with Crippen molar-refractivity contribution in [2.45, 2.75) is 6.54 Å². The van der Waals surface area contributed by atoms with Gasteiger partial charge in [0, 0.05) is 18.5 Å². The van der Waals surface area contributed by atoms with Crippen LogP contribution in [0.15, 0.2) is 23.0 Å². The van der Waals surface area contributed by atoms with Crippen LogP contribution >= 0.6 is 11.3 Å². The first-order valence-electron chi connectivity index (χ1n) is 4.90. The summed E-state index contributed by atoms with van der Waals surface area (Å²) in [6, 6.07) is 1.99. The fourth-order valence-corrected chi connectivity index (χ4v) is 2.08. The van der Waals surface area contributed by atoms with Crippen molar-refractivity contribution in [2.75, 3.05) is 17.7 Å². The van der Waals surface area contributed by atoms with Crippen molar-refractivity contribution >= 4 is 22.7 Å². The van der Waals surface area contributed by atoms with Gasteiger partial charge in [-0.1, -0.05) is 0 Å². The lowest BCUT2D eigenvalue weighted by molar-refractivity contribution is 0.585. The summed E-state index contributed by atoms with van der Waals surface area (Å²) in [5.74, 6) is -1.39. The summed E-state index contributed by atoms with van der Waals surface area (Å²) in [6.45, 7) is 0.455. The van der Waals surface area contributed by atoms with E-state index in [1.54, 1.807) is 17.5 Å². The van der Waals surface area contributed by atoms with Gasteiger partial charge < -0.3 is 10.6 Å². The summed E-state index contributed by atoms with van der Waals surface area (Å²) in [7, 11) is 1.71. The van der Waals surface area contributed by atoms with E-state index in [-0.39, 0.29) is 5.69 Å². The van der Waals surface area contributed by atoms with Crippen molar-refractivity contribution in [2.24, 2.45) is 0 Å². The molecule has 17 heavy (non-hydrogen) atoms. The molecule has 3 nitrogen and oxygen atoms in total. The first kappa shape index (κ1) is 11.8. The van der Waals surface area contributed by atoms with Crippen LogP contribution in [0.3, 0.4) is 0 Å². The number of hydrogen-bond donors (Lipinski definition) is 1. The van der Waals surface area contributed by atoms with E-state index >= 15 is 0 Å². The van der Waals surface area contributed by atoms with Gasteiger partial charge in [0.2, 0.25) is 0 Å². The van der Waals surface area contributed by atoms with Crippen molar-refractivity contribution in [1.29, 1.82) is 0 Å². The summed E-state index contributed by atoms with van der Waals surface area (Å²) in [6.07, 6.45) is 0. The van der Waals surface area contributed by atoms with Gasteiger partial charge in [-0.05, 0) is 6.07 Å². The van der Waals surface area contributed by atoms with Gasteiger partial charge in [0.1, 0.15) is 5.82 Å². The smallest absolute Gasteiger partial charge is 0.151 e. The fraction of sp³-hybridized carbons (Fsp3) is 0.182. The Morgan fingerprint density at radius 3 is 2.82 bits per heavy atom. The summed E-state index contributed by atoms with van der Waals surface area (Å²) in [4.78, 5) is 5.77. The lowest BCUT2D eigenvalue weighted by Crippen LogP contribution is -2.18. The molecule has 0 saturated carbocycles. The molecule has 0 radical (unpaired) electrons. The van der Waals surface area contributed by atoms with Gasteiger partial charge in [-0.2, -0.15) is 0 Å². The topological polar surface area (TPSA) is 42.2 Å².